The van der Waals surface area contributed by atoms with Crippen molar-refractivity contribution in [1.82, 2.24) is 19.7 Å². The summed E-state index contributed by atoms with van der Waals surface area (Å²) in [6, 6.07) is 6.71. The lowest BCUT2D eigenvalue weighted by atomic mass is 10.0. The number of hydrogen-bond donors (Lipinski definition) is 2. The summed E-state index contributed by atoms with van der Waals surface area (Å²) in [5.41, 5.74) is 1.16. The number of fused-ring (bicyclic) bond motifs is 2. The number of H-pyrrole nitrogens is 1. The molecule has 9 heteroatoms. The molecule has 1 amide bonds. The summed E-state index contributed by atoms with van der Waals surface area (Å²) in [6.45, 7) is 0. The number of carbonyl (C=O) groups excluding carboxylic acids is 2. The molecule has 2 N–H and O–H groups in total. The largest absolute Gasteiger partial charge is 0.467 e. The highest BCUT2D eigenvalue weighted by atomic mass is 32.1. The average molecular weight is 396 g/mol. The molecule has 1 aromatic carbocycles. The van der Waals surface area contributed by atoms with Crippen molar-refractivity contribution in [2.75, 3.05) is 7.11 Å². The number of nitrogens with one attached hydrogen (secondary N) is 2. The van der Waals surface area contributed by atoms with E-state index in [1.165, 1.54) is 29.0 Å². The molecule has 3 aromatic heterocycles. The second-order valence-corrected chi connectivity index (χ2v) is 7.02. The fourth-order valence-corrected chi connectivity index (χ4v) is 3.75. The van der Waals surface area contributed by atoms with Gasteiger partial charge in [0.15, 0.2) is 4.96 Å². The van der Waals surface area contributed by atoms with Crippen LogP contribution in [0.1, 0.15) is 15.9 Å². The molecule has 0 bridgehead atoms. The van der Waals surface area contributed by atoms with E-state index in [1.54, 1.807) is 17.8 Å². The van der Waals surface area contributed by atoms with Crippen molar-refractivity contribution in [3.05, 3.63) is 69.7 Å². The van der Waals surface area contributed by atoms with Crippen LogP contribution in [0, 0.1) is 0 Å². The van der Waals surface area contributed by atoms with Gasteiger partial charge in [-0.05, 0) is 11.6 Å². The quantitative estimate of drug-likeness (QED) is 0.500. The minimum Gasteiger partial charge on any atom is -0.467 e. The molecule has 0 aliphatic rings. The predicted octanol–water partition coefficient (Wildman–Crippen LogP) is 1.75. The summed E-state index contributed by atoms with van der Waals surface area (Å²) >= 11 is 1.29. The standard InChI is InChI=1S/C19H16N4O4S/c1-27-18(26)15(8-11-9-20-14-5-3-2-4-12(11)14)22-16(24)13-10-21-19-23(17(13)25)6-7-28-19/h2-7,9-10,15,20H,8H2,1H3,(H,22,24). The van der Waals surface area contributed by atoms with Crippen LogP contribution < -0.4 is 10.9 Å². The Bertz CT molecular complexity index is 1240. The number of para-hydroxylation sites is 1. The average Bonchev–Trinajstić information content (AvgIpc) is 3.35. The van der Waals surface area contributed by atoms with Gasteiger partial charge >= 0.3 is 5.97 Å². The Morgan fingerprint density at radius 2 is 2.18 bits per heavy atom. The predicted molar refractivity (Wildman–Crippen MR) is 105 cm³/mol. The number of benzene rings is 1. The molecule has 0 aliphatic carbocycles. The Labute approximate surface area is 162 Å². The van der Waals surface area contributed by atoms with Gasteiger partial charge in [0.25, 0.3) is 11.5 Å². The third-order valence-electron chi connectivity index (χ3n) is 4.48. The smallest absolute Gasteiger partial charge is 0.328 e. The zero-order valence-corrected chi connectivity index (χ0v) is 15.7. The van der Waals surface area contributed by atoms with Gasteiger partial charge in [0, 0.05) is 41.3 Å². The molecule has 0 saturated carbocycles. The zero-order valence-electron chi connectivity index (χ0n) is 14.8. The van der Waals surface area contributed by atoms with E-state index in [0.29, 0.717) is 4.96 Å². The normalized spacial score (nSPS) is 12.2. The first-order chi connectivity index (χ1) is 13.6. The van der Waals surface area contributed by atoms with Gasteiger partial charge in [-0.1, -0.05) is 18.2 Å². The van der Waals surface area contributed by atoms with Gasteiger partial charge in [0.2, 0.25) is 0 Å². The molecular formula is C19H16N4O4S. The lowest BCUT2D eigenvalue weighted by Gasteiger charge is -2.16. The molecule has 0 aliphatic heterocycles. The second-order valence-electron chi connectivity index (χ2n) is 6.15. The lowest BCUT2D eigenvalue weighted by molar-refractivity contribution is -0.142. The van der Waals surface area contributed by atoms with Crippen LogP contribution in [-0.2, 0) is 16.0 Å². The highest BCUT2D eigenvalue weighted by Crippen LogP contribution is 2.19. The molecule has 8 nitrogen and oxygen atoms in total. The molecule has 0 fully saturated rings. The van der Waals surface area contributed by atoms with Crippen LogP contribution in [0.2, 0.25) is 0 Å². The first-order valence-electron chi connectivity index (χ1n) is 8.47. The highest BCUT2D eigenvalue weighted by Gasteiger charge is 2.25. The third-order valence-corrected chi connectivity index (χ3v) is 5.25. The van der Waals surface area contributed by atoms with Gasteiger partial charge in [0.05, 0.1) is 7.11 Å². The van der Waals surface area contributed by atoms with Crippen LogP contribution in [-0.4, -0.2) is 39.4 Å². The first kappa shape index (κ1) is 17.9. The maximum Gasteiger partial charge on any atom is 0.328 e. The van der Waals surface area contributed by atoms with E-state index in [2.05, 4.69) is 15.3 Å². The summed E-state index contributed by atoms with van der Waals surface area (Å²) in [6.07, 6.45) is 4.79. The van der Waals surface area contributed by atoms with E-state index in [-0.39, 0.29) is 12.0 Å². The van der Waals surface area contributed by atoms with Gasteiger partial charge in [-0.2, -0.15) is 0 Å². The van der Waals surface area contributed by atoms with Crippen molar-refractivity contribution in [1.29, 1.82) is 0 Å². The number of nitrogens with zero attached hydrogens (tertiary/aromatic N) is 2. The Balaban J connectivity index is 1.62. The SMILES string of the molecule is COC(=O)C(Cc1c[nH]c2ccccc12)NC(=O)c1cnc2sccn2c1=O. The molecule has 4 aromatic rings. The summed E-state index contributed by atoms with van der Waals surface area (Å²) in [5.74, 6) is -1.27. The van der Waals surface area contributed by atoms with Crippen molar-refractivity contribution < 1.29 is 14.3 Å². The molecule has 3 heterocycles. The van der Waals surface area contributed by atoms with Gasteiger partial charge in [-0.3, -0.25) is 14.0 Å². The van der Waals surface area contributed by atoms with Crippen LogP contribution in [0.5, 0.6) is 0 Å². The molecule has 28 heavy (non-hydrogen) atoms. The van der Waals surface area contributed by atoms with Crippen LogP contribution in [0.15, 0.2) is 53.0 Å². The molecule has 1 unspecified atom stereocenters. The molecule has 1 atom stereocenters. The third kappa shape index (κ3) is 3.16. The Hall–Kier alpha value is -3.46. The Kier molecular flexibility index (Phi) is 4.66. The van der Waals surface area contributed by atoms with Crippen molar-refractivity contribution in [2.45, 2.75) is 12.5 Å². The van der Waals surface area contributed by atoms with Gasteiger partial charge in [-0.25, -0.2) is 9.78 Å². The minimum atomic E-state index is -0.945. The van der Waals surface area contributed by atoms with E-state index in [4.69, 9.17) is 4.74 Å². The summed E-state index contributed by atoms with van der Waals surface area (Å²) in [5, 5.41) is 5.27. The fraction of sp³-hybridized carbons (Fsp3) is 0.158. The van der Waals surface area contributed by atoms with E-state index < -0.39 is 23.5 Å². The number of methoxy groups -OCH3 is 1. The number of thiazole rings is 1. The number of hydrogen-bond acceptors (Lipinski definition) is 6. The summed E-state index contributed by atoms with van der Waals surface area (Å²) in [4.78, 5) is 45.2. The Morgan fingerprint density at radius 3 is 3.00 bits per heavy atom. The zero-order chi connectivity index (χ0) is 19.7. The van der Waals surface area contributed by atoms with Crippen LogP contribution >= 0.6 is 11.3 Å². The second kappa shape index (κ2) is 7.28. The van der Waals surface area contributed by atoms with Crippen molar-refractivity contribution in [2.24, 2.45) is 0 Å². The van der Waals surface area contributed by atoms with Crippen LogP contribution in [0.3, 0.4) is 0 Å². The van der Waals surface area contributed by atoms with E-state index in [0.717, 1.165) is 16.5 Å². The van der Waals surface area contributed by atoms with Crippen molar-refractivity contribution >= 4 is 39.1 Å². The molecule has 0 saturated heterocycles. The summed E-state index contributed by atoms with van der Waals surface area (Å²) in [7, 11) is 1.25. The maximum atomic E-state index is 12.7. The van der Waals surface area contributed by atoms with Crippen LogP contribution in [0.25, 0.3) is 15.9 Å². The van der Waals surface area contributed by atoms with Gasteiger partial charge in [-0.15, -0.1) is 11.3 Å². The number of aromatic nitrogens is 3. The summed E-state index contributed by atoms with van der Waals surface area (Å²) < 4.78 is 6.13. The molecular weight excluding hydrogens is 380 g/mol. The number of carbonyl (C=O) groups is 2. The maximum absolute atomic E-state index is 12.7. The molecule has 142 valence electrons. The van der Waals surface area contributed by atoms with Crippen LogP contribution in [0.4, 0.5) is 0 Å². The molecule has 0 spiro atoms. The highest BCUT2D eigenvalue weighted by molar-refractivity contribution is 7.15. The number of ether oxygens (including phenoxy) is 1. The monoisotopic (exact) mass is 396 g/mol. The fourth-order valence-electron chi connectivity index (χ4n) is 3.07. The van der Waals surface area contributed by atoms with E-state index in [9.17, 15) is 14.4 Å². The first-order valence-corrected chi connectivity index (χ1v) is 9.35. The van der Waals surface area contributed by atoms with E-state index in [1.807, 2.05) is 24.3 Å². The lowest BCUT2D eigenvalue weighted by Crippen LogP contribution is -2.44. The molecule has 0 radical (unpaired) electrons. The Morgan fingerprint density at radius 1 is 1.36 bits per heavy atom. The van der Waals surface area contributed by atoms with Crippen molar-refractivity contribution in [3.63, 3.8) is 0 Å². The number of rotatable bonds is 5. The number of amides is 1. The number of aromatic amines is 1. The topological polar surface area (TPSA) is 106 Å². The minimum absolute atomic E-state index is 0.135. The molecule has 4 rings (SSSR count). The van der Waals surface area contributed by atoms with Gasteiger partial charge < -0.3 is 15.0 Å². The van der Waals surface area contributed by atoms with E-state index >= 15 is 0 Å². The van der Waals surface area contributed by atoms with Gasteiger partial charge in [0.1, 0.15) is 11.6 Å². The number of esters is 1. The van der Waals surface area contributed by atoms with Crippen molar-refractivity contribution in [3.8, 4) is 0 Å².